The van der Waals surface area contributed by atoms with Gasteiger partial charge in [0.15, 0.2) is 0 Å². The maximum atomic E-state index is 12.2. The molecular formula is C18H23N5O3. The SMILES string of the molecule is Cc1nc(NC(=O)NC2CCC(C(=O)O)CC2)ccc1-c1cnn(C)c1. The van der Waals surface area contributed by atoms with Gasteiger partial charge in [-0.1, -0.05) is 0 Å². The van der Waals surface area contributed by atoms with Crippen LogP contribution in [0.4, 0.5) is 10.6 Å². The van der Waals surface area contributed by atoms with Gasteiger partial charge < -0.3 is 10.4 Å². The van der Waals surface area contributed by atoms with Gasteiger partial charge in [0.2, 0.25) is 0 Å². The highest BCUT2D eigenvalue weighted by molar-refractivity contribution is 5.88. The number of nitrogens with zero attached hydrogens (tertiary/aromatic N) is 3. The van der Waals surface area contributed by atoms with Crippen LogP contribution in [0.5, 0.6) is 0 Å². The molecule has 3 rings (SSSR count). The van der Waals surface area contributed by atoms with Crippen LogP contribution in [-0.2, 0) is 11.8 Å². The predicted molar refractivity (Wildman–Crippen MR) is 96.7 cm³/mol. The minimum absolute atomic E-state index is 0.00126. The van der Waals surface area contributed by atoms with Gasteiger partial charge in [0, 0.05) is 36.1 Å². The van der Waals surface area contributed by atoms with Crippen molar-refractivity contribution in [2.75, 3.05) is 5.32 Å². The molecule has 0 unspecified atom stereocenters. The van der Waals surface area contributed by atoms with Gasteiger partial charge in [-0.3, -0.25) is 14.8 Å². The molecule has 2 aromatic rings. The van der Waals surface area contributed by atoms with Crippen molar-refractivity contribution in [3.63, 3.8) is 0 Å². The second-order valence-corrected chi connectivity index (χ2v) is 6.72. The zero-order valence-electron chi connectivity index (χ0n) is 14.9. The Morgan fingerprint density at radius 3 is 2.54 bits per heavy atom. The molecule has 0 spiro atoms. The van der Waals surface area contributed by atoms with Gasteiger partial charge in [0.05, 0.1) is 12.1 Å². The Labute approximate surface area is 151 Å². The average Bonchev–Trinajstić information content (AvgIpc) is 3.01. The first-order valence-electron chi connectivity index (χ1n) is 8.69. The molecule has 26 heavy (non-hydrogen) atoms. The highest BCUT2D eigenvalue weighted by Crippen LogP contribution is 2.25. The smallest absolute Gasteiger partial charge is 0.320 e. The van der Waals surface area contributed by atoms with E-state index in [9.17, 15) is 9.59 Å². The number of rotatable bonds is 4. The van der Waals surface area contributed by atoms with E-state index in [-0.39, 0.29) is 18.0 Å². The van der Waals surface area contributed by atoms with Gasteiger partial charge >= 0.3 is 12.0 Å². The second kappa shape index (κ2) is 7.55. The molecule has 1 aliphatic carbocycles. The quantitative estimate of drug-likeness (QED) is 0.779. The molecule has 0 radical (unpaired) electrons. The summed E-state index contributed by atoms with van der Waals surface area (Å²) in [5.74, 6) is -0.561. The fraction of sp³-hybridized carbons (Fsp3) is 0.444. The summed E-state index contributed by atoms with van der Waals surface area (Å²) in [5.41, 5.74) is 2.75. The normalized spacial score (nSPS) is 19.8. The molecule has 0 aliphatic heterocycles. The number of aliphatic carboxylic acids is 1. The van der Waals surface area contributed by atoms with E-state index >= 15 is 0 Å². The number of carbonyl (C=O) groups is 2. The predicted octanol–water partition coefficient (Wildman–Crippen LogP) is 2.56. The lowest BCUT2D eigenvalue weighted by molar-refractivity contribution is -0.142. The lowest BCUT2D eigenvalue weighted by Crippen LogP contribution is -2.41. The van der Waals surface area contributed by atoms with Crippen molar-refractivity contribution in [1.29, 1.82) is 0 Å². The molecule has 1 aliphatic rings. The van der Waals surface area contributed by atoms with Crippen molar-refractivity contribution in [2.24, 2.45) is 13.0 Å². The summed E-state index contributed by atoms with van der Waals surface area (Å²) in [6, 6.07) is 3.36. The van der Waals surface area contributed by atoms with Crippen molar-refractivity contribution < 1.29 is 14.7 Å². The van der Waals surface area contributed by atoms with Crippen LogP contribution in [-0.4, -0.2) is 37.9 Å². The molecule has 138 valence electrons. The Morgan fingerprint density at radius 1 is 1.23 bits per heavy atom. The molecule has 2 amide bonds. The van der Waals surface area contributed by atoms with Gasteiger partial charge in [-0.2, -0.15) is 5.10 Å². The molecule has 1 fully saturated rings. The van der Waals surface area contributed by atoms with Crippen LogP contribution in [0, 0.1) is 12.8 Å². The number of aryl methyl sites for hydroxylation is 2. The van der Waals surface area contributed by atoms with E-state index in [1.165, 1.54) is 0 Å². The van der Waals surface area contributed by atoms with Gasteiger partial charge in [-0.05, 0) is 44.7 Å². The number of hydrogen-bond donors (Lipinski definition) is 3. The summed E-state index contributed by atoms with van der Waals surface area (Å²) in [7, 11) is 1.86. The monoisotopic (exact) mass is 357 g/mol. The number of carboxylic acid groups (broad SMARTS) is 1. The number of amides is 2. The summed E-state index contributed by atoms with van der Waals surface area (Å²) in [6.45, 7) is 1.89. The first kappa shape index (κ1) is 17.9. The van der Waals surface area contributed by atoms with Crippen LogP contribution in [0.2, 0.25) is 0 Å². The summed E-state index contributed by atoms with van der Waals surface area (Å²) in [6.07, 6.45) is 6.23. The van der Waals surface area contributed by atoms with Gasteiger partial charge in [-0.25, -0.2) is 9.78 Å². The van der Waals surface area contributed by atoms with Gasteiger partial charge in [0.1, 0.15) is 5.82 Å². The Bertz CT molecular complexity index is 809. The average molecular weight is 357 g/mol. The van der Waals surface area contributed by atoms with E-state index in [4.69, 9.17) is 5.11 Å². The molecule has 2 heterocycles. The van der Waals surface area contributed by atoms with Crippen molar-refractivity contribution in [3.05, 3.63) is 30.2 Å². The molecular weight excluding hydrogens is 334 g/mol. The zero-order valence-corrected chi connectivity index (χ0v) is 14.9. The summed E-state index contributed by atoms with van der Waals surface area (Å²) in [5, 5.41) is 18.8. The summed E-state index contributed by atoms with van der Waals surface area (Å²) >= 11 is 0. The van der Waals surface area contributed by atoms with E-state index in [1.807, 2.05) is 26.2 Å². The highest BCUT2D eigenvalue weighted by atomic mass is 16.4. The molecule has 1 saturated carbocycles. The number of pyridine rings is 1. The fourth-order valence-electron chi connectivity index (χ4n) is 3.32. The highest BCUT2D eigenvalue weighted by Gasteiger charge is 2.26. The molecule has 3 N–H and O–H groups in total. The third kappa shape index (κ3) is 4.19. The van der Waals surface area contributed by atoms with Gasteiger partial charge in [0.25, 0.3) is 0 Å². The maximum absolute atomic E-state index is 12.2. The number of hydrogen-bond acceptors (Lipinski definition) is 4. The van der Waals surface area contributed by atoms with Crippen LogP contribution >= 0.6 is 0 Å². The number of carboxylic acids is 1. The van der Waals surface area contributed by atoms with E-state index < -0.39 is 5.97 Å². The molecule has 0 bridgehead atoms. The number of urea groups is 1. The molecule has 0 aromatic carbocycles. The van der Waals surface area contributed by atoms with Crippen LogP contribution in [0.3, 0.4) is 0 Å². The van der Waals surface area contributed by atoms with Crippen molar-refractivity contribution >= 4 is 17.8 Å². The molecule has 8 heteroatoms. The minimum Gasteiger partial charge on any atom is -0.481 e. The van der Waals surface area contributed by atoms with Crippen molar-refractivity contribution in [2.45, 2.75) is 38.6 Å². The Kier molecular flexibility index (Phi) is 5.20. The first-order chi connectivity index (χ1) is 12.4. The van der Waals surface area contributed by atoms with Crippen LogP contribution in [0.25, 0.3) is 11.1 Å². The molecule has 8 nitrogen and oxygen atoms in total. The Balaban J connectivity index is 1.56. The summed E-state index contributed by atoms with van der Waals surface area (Å²) < 4.78 is 1.73. The van der Waals surface area contributed by atoms with Crippen LogP contribution in [0.15, 0.2) is 24.5 Å². The largest absolute Gasteiger partial charge is 0.481 e. The maximum Gasteiger partial charge on any atom is 0.320 e. The molecule has 0 atom stereocenters. The Morgan fingerprint density at radius 2 is 1.96 bits per heavy atom. The topological polar surface area (TPSA) is 109 Å². The standard InChI is InChI=1S/C18H23N5O3/c1-11-15(13-9-19-23(2)10-13)7-8-16(20-11)22-18(26)21-14-5-3-12(4-6-14)17(24)25/h7-10,12,14H,3-6H2,1-2H3,(H,24,25)(H2,20,21,22,26). The summed E-state index contributed by atoms with van der Waals surface area (Å²) in [4.78, 5) is 27.6. The second-order valence-electron chi connectivity index (χ2n) is 6.72. The third-order valence-electron chi connectivity index (χ3n) is 4.75. The van der Waals surface area contributed by atoms with E-state index in [0.717, 1.165) is 16.8 Å². The molecule has 2 aromatic heterocycles. The molecule has 0 saturated heterocycles. The number of nitrogens with one attached hydrogen (secondary N) is 2. The Hall–Kier alpha value is -2.90. The minimum atomic E-state index is -0.749. The zero-order chi connectivity index (χ0) is 18.7. The van der Waals surface area contributed by atoms with Crippen LogP contribution in [0.1, 0.15) is 31.4 Å². The van der Waals surface area contributed by atoms with E-state index in [2.05, 4.69) is 20.7 Å². The van der Waals surface area contributed by atoms with Crippen molar-refractivity contribution in [3.8, 4) is 11.1 Å². The lowest BCUT2D eigenvalue weighted by atomic mass is 9.86. The van der Waals surface area contributed by atoms with E-state index in [1.54, 1.807) is 16.9 Å². The van der Waals surface area contributed by atoms with Crippen molar-refractivity contribution in [1.82, 2.24) is 20.1 Å². The lowest BCUT2D eigenvalue weighted by Gasteiger charge is -2.26. The van der Waals surface area contributed by atoms with Gasteiger partial charge in [-0.15, -0.1) is 0 Å². The fourth-order valence-corrected chi connectivity index (χ4v) is 3.32. The van der Waals surface area contributed by atoms with Crippen LogP contribution < -0.4 is 10.6 Å². The third-order valence-corrected chi connectivity index (χ3v) is 4.75. The number of anilines is 1. The first-order valence-corrected chi connectivity index (χ1v) is 8.69. The number of carbonyl (C=O) groups excluding carboxylic acids is 1. The number of aromatic nitrogens is 3. The van der Waals surface area contributed by atoms with E-state index in [0.29, 0.717) is 31.5 Å².